The number of carbonyl (C=O) groups is 2. The van der Waals surface area contributed by atoms with Crippen molar-refractivity contribution in [2.24, 2.45) is 0 Å². The lowest BCUT2D eigenvalue weighted by Gasteiger charge is -2.11. The molecule has 142 valence electrons. The SMILES string of the molecule is CC(=O)Nc1cccc(CNC(=O)c2ccccc2Sc2ccc(Br)cn2)c1. The number of amides is 2. The van der Waals surface area contributed by atoms with Crippen LogP contribution in [0.2, 0.25) is 0 Å². The highest BCUT2D eigenvalue weighted by Crippen LogP contribution is 2.29. The lowest BCUT2D eigenvalue weighted by atomic mass is 10.1. The molecule has 0 spiro atoms. The minimum absolute atomic E-state index is 0.131. The molecule has 0 saturated heterocycles. The Bertz CT molecular complexity index is 993. The van der Waals surface area contributed by atoms with Crippen molar-refractivity contribution in [2.45, 2.75) is 23.4 Å². The van der Waals surface area contributed by atoms with Gasteiger partial charge in [0.1, 0.15) is 5.03 Å². The van der Waals surface area contributed by atoms with Gasteiger partial charge in [-0.3, -0.25) is 9.59 Å². The van der Waals surface area contributed by atoms with Crippen molar-refractivity contribution in [3.63, 3.8) is 0 Å². The van der Waals surface area contributed by atoms with Crippen LogP contribution in [0.1, 0.15) is 22.8 Å². The van der Waals surface area contributed by atoms with Crippen molar-refractivity contribution >= 4 is 45.2 Å². The summed E-state index contributed by atoms with van der Waals surface area (Å²) in [6.07, 6.45) is 1.73. The Morgan fingerprint density at radius 1 is 1.07 bits per heavy atom. The Morgan fingerprint density at radius 2 is 1.89 bits per heavy atom. The standard InChI is InChI=1S/C21H18BrN3O2S/c1-14(26)25-17-6-4-5-15(11-17)12-24-21(27)18-7-2-3-8-19(18)28-20-10-9-16(22)13-23-20/h2-11,13H,12H2,1H3,(H,24,27)(H,25,26). The zero-order chi connectivity index (χ0) is 19.9. The number of rotatable bonds is 6. The van der Waals surface area contributed by atoms with E-state index in [0.717, 1.165) is 20.0 Å². The Balaban J connectivity index is 1.69. The minimum atomic E-state index is -0.162. The second kappa shape index (κ2) is 9.52. The normalized spacial score (nSPS) is 10.4. The maximum absolute atomic E-state index is 12.7. The van der Waals surface area contributed by atoms with Crippen LogP contribution in [0.3, 0.4) is 0 Å². The van der Waals surface area contributed by atoms with Crippen LogP contribution in [0, 0.1) is 0 Å². The largest absolute Gasteiger partial charge is 0.348 e. The van der Waals surface area contributed by atoms with Gasteiger partial charge in [0, 0.05) is 34.7 Å². The first-order valence-electron chi connectivity index (χ1n) is 8.54. The van der Waals surface area contributed by atoms with Crippen LogP contribution >= 0.6 is 27.7 Å². The number of carbonyl (C=O) groups excluding carboxylic acids is 2. The van der Waals surface area contributed by atoms with Gasteiger partial charge in [0.25, 0.3) is 5.91 Å². The Hall–Kier alpha value is -2.64. The molecule has 3 rings (SSSR count). The second-order valence-electron chi connectivity index (χ2n) is 5.98. The average Bonchev–Trinajstić information content (AvgIpc) is 2.68. The highest BCUT2D eigenvalue weighted by atomic mass is 79.9. The third-order valence-electron chi connectivity index (χ3n) is 3.75. The summed E-state index contributed by atoms with van der Waals surface area (Å²) >= 11 is 4.81. The van der Waals surface area contributed by atoms with Gasteiger partial charge in [-0.25, -0.2) is 4.98 Å². The van der Waals surface area contributed by atoms with Crippen molar-refractivity contribution < 1.29 is 9.59 Å². The molecule has 0 aliphatic carbocycles. The minimum Gasteiger partial charge on any atom is -0.348 e. The van der Waals surface area contributed by atoms with Crippen LogP contribution in [0.5, 0.6) is 0 Å². The summed E-state index contributed by atoms with van der Waals surface area (Å²) in [5.74, 6) is -0.293. The quantitative estimate of drug-likeness (QED) is 0.555. The van der Waals surface area contributed by atoms with E-state index in [0.29, 0.717) is 17.8 Å². The van der Waals surface area contributed by atoms with E-state index in [2.05, 4.69) is 31.5 Å². The number of halogens is 1. The smallest absolute Gasteiger partial charge is 0.252 e. The fourth-order valence-electron chi connectivity index (χ4n) is 2.52. The molecule has 7 heteroatoms. The Morgan fingerprint density at radius 3 is 2.64 bits per heavy atom. The number of pyridine rings is 1. The number of nitrogens with zero attached hydrogens (tertiary/aromatic N) is 1. The Kier molecular flexibility index (Phi) is 6.84. The topological polar surface area (TPSA) is 71.1 Å². The van der Waals surface area contributed by atoms with Gasteiger partial charge in [0.05, 0.1) is 5.56 Å². The van der Waals surface area contributed by atoms with E-state index in [4.69, 9.17) is 0 Å². The number of hydrogen-bond donors (Lipinski definition) is 2. The van der Waals surface area contributed by atoms with Crippen LogP contribution in [0.4, 0.5) is 5.69 Å². The molecule has 0 fully saturated rings. The van der Waals surface area contributed by atoms with Crippen LogP contribution in [0.15, 0.2) is 81.3 Å². The van der Waals surface area contributed by atoms with Gasteiger partial charge in [-0.15, -0.1) is 0 Å². The van der Waals surface area contributed by atoms with E-state index in [-0.39, 0.29) is 11.8 Å². The van der Waals surface area contributed by atoms with Gasteiger partial charge < -0.3 is 10.6 Å². The summed E-state index contributed by atoms with van der Waals surface area (Å²) in [5.41, 5.74) is 2.20. The molecule has 1 heterocycles. The molecule has 0 aliphatic rings. The summed E-state index contributed by atoms with van der Waals surface area (Å²) in [6, 6.07) is 18.6. The van der Waals surface area contributed by atoms with E-state index in [1.54, 1.807) is 12.3 Å². The molecule has 0 unspecified atom stereocenters. The monoisotopic (exact) mass is 455 g/mol. The summed E-state index contributed by atoms with van der Waals surface area (Å²) in [5, 5.41) is 6.49. The second-order valence-corrected chi connectivity index (χ2v) is 7.96. The van der Waals surface area contributed by atoms with Crippen LogP contribution in [-0.4, -0.2) is 16.8 Å². The van der Waals surface area contributed by atoms with Crippen LogP contribution in [0.25, 0.3) is 0 Å². The number of hydrogen-bond acceptors (Lipinski definition) is 4. The molecule has 1 aromatic heterocycles. The highest BCUT2D eigenvalue weighted by Gasteiger charge is 2.12. The number of anilines is 1. The van der Waals surface area contributed by atoms with Gasteiger partial charge in [-0.05, 0) is 57.9 Å². The van der Waals surface area contributed by atoms with Gasteiger partial charge in [0.2, 0.25) is 5.91 Å². The highest BCUT2D eigenvalue weighted by molar-refractivity contribution is 9.10. The third kappa shape index (κ3) is 5.68. The maximum Gasteiger partial charge on any atom is 0.252 e. The molecule has 0 aliphatic heterocycles. The van der Waals surface area contributed by atoms with Crippen molar-refractivity contribution in [2.75, 3.05) is 5.32 Å². The first kappa shape index (κ1) is 20.1. The lowest BCUT2D eigenvalue weighted by Crippen LogP contribution is -2.23. The molecule has 3 aromatic rings. The summed E-state index contributed by atoms with van der Waals surface area (Å²) in [7, 11) is 0. The molecule has 2 aromatic carbocycles. The molecular formula is C21H18BrN3O2S. The van der Waals surface area contributed by atoms with Crippen LogP contribution in [-0.2, 0) is 11.3 Å². The van der Waals surface area contributed by atoms with Gasteiger partial charge in [-0.1, -0.05) is 36.0 Å². The number of benzene rings is 2. The molecule has 0 radical (unpaired) electrons. The number of nitrogens with one attached hydrogen (secondary N) is 2. The predicted octanol–water partition coefficient (Wildman–Crippen LogP) is 4.88. The van der Waals surface area contributed by atoms with Gasteiger partial charge in [0.15, 0.2) is 0 Å². The molecule has 28 heavy (non-hydrogen) atoms. The zero-order valence-electron chi connectivity index (χ0n) is 15.1. The first-order valence-corrected chi connectivity index (χ1v) is 10.2. The third-order valence-corrected chi connectivity index (χ3v) is 5.24. The molecule has 5 nitrogen and oxygen atoms in total. The predicted molar refractivity (Wildman–Crippen MR) is 114 cm³/mol. The lowest BCUT2D eigenvalue weighted by molar-refractivity contribution is -0.114. The van der Waals surface area contributed by atoms with Crippen molar-refractivity contribution in [3.05, 3.63) is 82.5 Å². The fourth-order valence-corrected chi connectivity index (χ4v) is 3.64. The zero-order valence-corrected chi connectivity index (χ0v) is 17.5. The van der Waals surface area contributed by atoms with Crippen molar-refractivity contribution in [1.82, 2.24) is 10.3 Å². The van der Waals surface area contributed by atoms with Gasteiger partial charge >= 0.3 is 0 Å². The first-order chi connectivity index (χ1) is 13.5. The molecule has 2 N–H and O–H groups in total. The molecule has 0 atom stereocenters. The summed E-state index contributed by atoms with van der Waals surface area (Å²) in [6.45, 7) is 1.82. The van der Waals surface area contributed by atoms with E-state index in [9.17, 15) is 9.59 Å². The maximum atomic E-state index is 12.7. The molecule has 0 bridgehead atoms. The van der Waals surface area contributed by atoms with E-state index in [1.807, 2.05) is 54.6 Å². The van der Waals surface area contributed by atoms with Crippen molar-refractivity contribution in [3.8, 4) is 0 Å². The molecule has 0 saturated carbocycles. The summed E-state index contributed by atoms with van der Waals surface area (Å²) < 4.78 is 0.907. The number of aromatic nitrogens is 1. The van der Waals surface area contributed by atoms with E-state index in [1.165, 1.54) is 18.7 Å². The van der Waals surface area contributed by atoms with E-state index >= 15 is 0 Å². The van der Waals surface area contributed by atoms with Crippen LogP contribution < -0.4 is 10.6 Å². The Labute approximate surface area is 176 Å². The van der Waals surface area contributed by atoms with E-state index < -0.39 is 0 Å². The molecule has 2 amide bonds. The summed E-state index contributed by atoms with van der Waals surface area (Å²) in [4.78, 5) is 29.1. The fraction of sp³-hybridized carbons (Fsp3) is 0.0952. The van der Waals surface area contributed by atoms with Gasteiger partial charge in [-0.2, -0.15) is 0 Å². The molecular weight excluding hydrogens is 438 g/mol. The average molecular weight is 456 g/mol. The van der Waals surface area contributed by atoms with Crippen molar-refractivity contribution in [1.29, 1.82) is 0 Å².